The third kappa shape index (κ3) is 4.15. The van der Waals surface area contributed by atoms with Crippen molar-refractivity contribution in [2.24, 2.45) is 0 Å². The molecule has 0 atom stereocenters. The van der Waals surface area contributed by atoms with Crippen molar-refractivity contribution in [3.63, 3.8) is 0 Å². The molecule has 0 unspecified atom stereocenters. The number of hydrogen-bond acceptors (Lipinski definition) is 3. The Morgan fingerprint density at radius 2 is 1.78 bits per heavy atom. The average Bonchev–Trinajstić information content (AvgIpc) is 2.49. The number of hydrogen-bond donors (Lipinski definition) is 0. The Hall–Kier alpha value is -2.70. The van der Waals surface area contributed by atoms with Gasteiger partial charge in [-0.1, -0.05) is 6.07 Å². The van der Waals surface area contributed by atoms with E-state index in [9.17, 15) is 23.1 Å². The van der Waals surface area contributed by atoms with Gasteiger partial charge < -0.3 is 19.5 Å². The van der Waals surface area contributed by atoms with E-state index in [2.05, 4.69) is 0 Å². The molecular formula is C16H13F3NO3-. The molecule has 2 aromatic rings. The lowest BCUT2D eigenvalue weighted by Crippen LogP contribution is -2.41. The maximum absolute atomic E-state index is 12.6. The number of alkyl halides is 3. The van der Waals surface area contributed by atoms with Crippen LogP contribution in [0.2, 0.25) is 0 Å². The van der Waals surface area contributed by atoms with Crippen LogP contribution < -0.4 is 14.7 Å². The summed E-state index contributed by atoms with van der Waals surface area (Å²) in [5.74, 6) is 0.335. The third-order valence-corrected chi connectivity index (χ3v) is 3.08. The Morgan fingerprint density at radius 1 is 1.13 bits per heavy atom. The number of rotatable bonds is 4. The van der Waals surface area contributed by atoms with Crippen molar-refractivity contribution in [2.75, 3.05) is 11.4 Å². The van der Waals surface area contributed by atoms with Gasteiger partial charge in [0.15, 0.2) is 0 Å². The molecule has 0 spiro atoms. The van der Waals surface area contributed by atoms with Gasteiger partial charge in [-0.15, -0.1) is 0 Å². The molecular weight excluding hydrogens is 311 g/mol. The van der Waals surface area contributed by atoms with Gasteiger partial charge in [0.25, 0.3) is 0 Å². The van der Waals surface area contributed by atoms with E-state index >= 15 is 0 Å². The third-order valence-electron chi connectivity index (χ3n) is 3.08. The first-order valence-electron chi connectivity index (χ1n) is 6.75. The number of nitrogens with zero attached hydrogens (tertiary/aromatic N) is 1. The first-order chi connectivity index (χ1) is 10.8. The van der Waals surface area contributed by atoms with E-state index in [1.54, 1.807) is 6.92 Å². The quantitative estimate of drug-likeness (QED) is 0.862. The number of carbonyl (C=O) groups is 1. The van der Waals surface area contributed by atoms with Crippen LogP contribution in [0.25, 0.3) is 0 Å². The maximum Gasteiger partial charge on any atom is 0.416 e. The van der Waals surface area contributed by atoms with Crippen LogP contribution in [-0.4, -0.2) is 12.6 Å². The van der Waals surface area contributed by atoms with Crippen molar-refractivity contribution in [3.05, 3.63) is 54.1 Å². The van der Waals surface area contributed by atoms with E-state index in [-0.39, 0.29) is 12.3 Å². The summed E-state index contributed by atoms with van der Waals surface area (Å²) < 4.78 is 43.3. The molecule has 0 heterocycles. The fourth-order valence-corrected chi connectivity index (χ4v) is 1.98. The molecule has 0 aliphatic carbocycles. The summed E-state index contributed by atoms with van der Waals surface area (Å²) in [5, 5.41) is 10.9. The summed E-state index contributed by atoms with van der Waals surface area (Å²) in [6.07, 6.45) is -5.78. The van der Waals surface area contributed by atoms with Gasteiger partial charge in [0.2, 0.25) is 0 Å². The van der Waals surface area contributed by atoms with Gasteiger partial charge in [0, 0.05) is 12.2 Å². The molecule has 7 heteroatoms. The van der Waals surface area contributed by atoms with Gasteiger partial charge in [-0.05, 0) is 49.4 Å². The van der Waals surface area contributed by atoms with Crippen LogP contribution >= 0.6 is 0 Å². The maximum atomic E-state index is 12.6. The molecule has 1 amide bonds. The monoisotopic (exact) mass is 324 g/mol. The van der Waals surface area contributed by atoms with Crippen LogP contribution in [0.3, 0.4) is 0 Å². The first kappa shape index (κ1) is 16.7. The highest BCUT2D eigenvalue weighted by molar-refractivity contribution is 5.84. The standard InChI is InChI=1S/C16H14F3NO3/c1-2-20(15(21)22)12-6-8-13(9-7-12)23-14-5-3-4-11(10-14)16(17,18)19/h3-10H,2H2,1H3,(H,21,22)/p-1. The predicted molar refractivity (Wildman–Crippen MR) is 76.4 cm³/mol. The van der Waals surface area contributed by atoms with Crippen molar-refractivity contribution in [2.45, 2.75) is 13.1 Å². The summed E-state index contributed by atoms with van der Waals surface area (Å²) >= 11 is 0. The van der Waals surface area contributed by atoms with E-state index < -0.39 is 17.8 Å². The van der Waals surface area contributed by atoms with Crippen LogP contribution in [0, 0.1) is 0 Å². The number of halogens is 3. The highest BCUT2D eigenvalue weighted by Gasteiger charge is 2.30. The van der Waals surface area contributed by atoms with Crippen molar-refractivity contribution in [3.8, 4) is 11.5 Å². The van der Waals surface area contributed by atoms with Crippen LogP contribution in [0.5, 0.6) is 11.5 Å². The Bertz CT molecular complexity index is 684. The molecule has 0 saturated heterocycles. The molecule has 0 aliphatic heterocycles. The Kier molecular flexibility index (Phi) is 4.78. The van der Waals surface area contributed by atoms with Crippen molar-refractivity contribution >= 4 is 11.8 Å². The summed E-state index contributed by atoms with van der Waals surface area (Å²) in [7, 11) is 0. The molecule has 0 aromatic heterocycles. The zero-order chi connectivity index (χ0) is 17.0. The van der Waals surface area contributed by atoms with E-state index in [0.29, 0.717) is 11.4 Å². The lowest BCUT2D eigenvalue weighted by molar-refractivity contribution is -0.246. The summed E-state index contributed by atoms with van der Waals surface area (Å²) in [6, 6.07) is 10.4. The van der Waals surface area contributed by atoms with Crippen LogP contribution in [-0.2, 0) is 6.18 Å². The summed E-state index contributed by atoms with van der Waals surface area (Å²) in [5.41, 5.74) is -0.412. The van der Waals surface area contributed by atoms with Crippen LogP contribution in [0.1, 0.15) is 12.5 Å². The zero-order valence-electron chi connectivity index (χ0n) is 12.1. The molecule has 0 aliphatic rings. The van der Waals surface area contributed by atoms with E-state index in [4.69, 9.17) is 4.74 Å². The minimum atomic E-state index is -4.45. The van der Waals surface area contributed by atoms with Crippen molar-refractivity contribution < 1.29 is 27.8 Å². The largest absolute Gasteiger partial charge is 0.530 e. The molecule has 0 saturated carbocycles. The molecule has 0 N–H and O–H groups in total. The van der Waals surface area contributed by atoms with Crippen LogP contribution in [0.4, 0.5) is 23.7 Å². The van der Waals surface area contributed by atoms with Gasteiger partial charge in [0.1, 0.15) is 17.6 Å². The second-order valence-corrected chi connectivity index (χ2v) is 4.63. The number of carboxylic acid groups (broad SMARTS) is 1. The predicted octanol–water partition coefficient (Wildman–Crippen LogP) is 3.67. The SMILES string of the molecule is CCN(C(=O)[O-])c1ccc(Oc2cccc(C(F)(F)F)c2)cc1. The molecule has 0 bridgehead atoms. The van der Waals surface area contributed by atoms with E-state index in [0.717, 1.165) is 17.0 Å². The highest BCUT2D eigenvalue weighted by Crippen LogP contribution is 2.33. The number of amides is 1. The van der Waals surface area contributed by atoms with Gasteiger partial charge >= 0.3 is 6.18 Å². The van der Waals surface area contributed by atoms with Crippen LogP contribution in [0.15, 0.2) is 48.5 Å². The lowest BCUT2D eigenvalue weighted by atomic mass is 10.2. The highest BCUT2D eigenvalue weighted by atomic mass is 19.4. The smallest absolute Gasteiger partial charge is 0.416 e. The normalized spacial score (nSPS) is 11.1. The van der Waals surface area contributed by atoms with E-state index in [1.807, 2.05) is 0 Å². The minimum Gasteiger partial charge on any atom is -0.530 e. The topological polar surface area (TPSA) is 52.6 Å². The fraction of sp³-hybridized carbons (Fsp3) is 0.188. The Balaban J connectivity index is 2.17. The van der Waals surface area contributed by atoms with Gasteiger partial charge in [-0.3, -0.25) is 0 Å². The Morgan fingerprint density at radius 3 is 2.30 bits per heavy atom. The molecule has 0 radical (unpaired) electrons. The van der Waals surface area contributed by atoms with Gasteiger partial charge in [0.05, 0.1) is 5.56 Å². The fourth-order valence-electron chi connectivity index (χ4n) is 1.98. The van der Waals surface area contributed by atoms with Crippen molar-refractivity contribution in [1.82, 2.24) is 0 Å². The van der Waals surface area contributed by atoms with Gasteiger partial charge in [-0.2, -0.15) is 13.2 Å². The minimum absolute atomic E-state index is 0.0415. The molecule has 0 fully saturated rings. The Labute approximate surface area is 130 Å². The number of benzene rings is 2. The summed E-state index contributed by atoms with van der Waals surface area (Å²) in [4.78, 5) is 11.9. The first-order valence-corrected chi connectivity index (χ1v) is 6.75. The number of anilines is 1. The van der Waals surface area contributed by atoms with E-state index in [1.165, 1.54) is 36.4 Å². The number of carbonyl (C=O) groups excluding carboxylic acids is 1. The molecule has 2 aromatic carbocycles. The second-order valence-electron chi connectivity index (χ2n) is 4.63. The molecule has 2 rings (SSSR count). The zero-order valence-corrected chi connectivity index (χ0v) is 12.1. The number of ether oxygens (including phenoxy) is 1. The lowest BCUT2D eigenvalue weighted by Gasteiger charge is -2.23. The molecule has 4 nitrogen and oxygen atoms in total. The summed E-state index contributed by atoms with van der Waals surface area (Å²) in [6.45, 7) is 1.87. The molecule has 122 valence electrons. The molecule has 23 heavy (non-hydrogen) atoms. The van der Waals surface area contributed by atoms with Gasteiger partial charge in [-0.25, -0.2) is 0 Å². The second kappa shape index (κ2) is 6.60. The van der Waals surface area contributed by atoms with Crippen molar-refractivity contribution in [1.29, 1.82) is 0 Å². The average molecular weight is 324 g/mol.